The van der Waals surface area contributed by atoms with Crippen molar-refractivity contribution < 1.29 is 14.3 Å². The van der Waals surface area contributed by atoms with E-state index in [9.17, 15) is 4.79 Å². The summed E-state index contributed by atoms with van der Waals surface area (Å²) in [5.41, 5.74) is 3.40. The van der Waals surface area contributed by atoms with E-state index >= 15 is 0 Å². The Bertz CT molecular complexity index is 1170. The number of pyridine rings is 1. The Labute approximate surface area is 193 Å². The Morgan fingerprint density at radius 2 is 1.94 bits per heavy atom. The van der Waals surface area contributed by atoms with Crippen LogP contribution in [0, 0.1) is 0 Å². The zero-order valence-corrected chi connectivity index (χ0v) is 19.5. The monoisotopic (exact) mass is 453 g/mol. The van der Waals surface area contributed by atoms with E-state index in [1.165, 1.54) is 5.56 Å². The summed E-state index contributed by atoms with van der Waals surface area (Å²) in [6.45, 7) is 7.00. The fourth-order valence-corrected chi connectivity index (χ4v) is 4.96. The fourth-order valence-electron chi connectivity index (χ4n) is 4.64. The van der Waals surface area contributed by atoms with Crippen LogP contribution >= 0.6 is 11.6 Å². The summed E-state index contributed by atoms with van der Waals surface area (Å²) in [4.78, 5) is 18.5. The summed E-state index contributed by atoms with van der Waals surface area (Å²) in [6, 6.07) is 10.3. The van der Waals surface area contributed by atoms with Gasteiger partial charge in [0.1, 0.15) is 27.8 Å². The molecule has 0 N–H and O–H groups in total. The molecule has 0 radical (unpaired) electrons. The molecule has 2 aromatic heterocycles. The SMILES string of the molecule is CC(C)(C)OC(=O)N1CCC2(CCc3cc(-c4ccc5nccn5c4Cl)ccc3O2)CC1. The van der Waals surface area contributed by atoms with Crippen LogP contribution in [0.25, 0.3) is 16.8 Å². The zero-order valence-electron chi connectivity index (χ0n) is 18.7. The average molecular weight is 454 g/mol. The van der Waals surface area contributed by atoms with Gasteiger partial charge < -0.3 is 14.4 Å². The van der Waals surface area contributed by atoms with Crippen molar-refractivity contribution in [3.8, 4) is 16.9 Å². The largest absolute Gasteiger partial charge is 0.487 e. The highest BCUT2D eigenvalue weighted by Gasteiger charge is 2.41. The zero-order chi connectivity index (χ0) is 22.5. The second-order valence-electron chi connectivity index (χ2n) is 9.77. The number of aryl methyl sites for hydroxylation is 1. The van der Waals surface area contributed by atoms with Gasteiger partial charge in [-0.15, -0.1) is 0 Å². The van der Waals surface area contributed by atoms with Crippen LogP contribution in [0.3, 0.4) is 0 Å². The van der Waals surface area contributed by atoms with E-state index in [0.717, 1.165) is 48.2 Å². The van der Waals surface area contributed by atoms with Crippen LogP contribution < -0.4 is 4.74 Å². The van der Waals surface area contributed by atoms with Gasteiger partial charge in [0.25, 0.3) is 0 Å². The van der Waals surface area contributed by atoms with E-state index in [4.69, 9.17) is 21.1 Å². The van der Waals surface area contributed by atoms with E-state index < -0.39 is 5.60 Å². The van der Waals surface area contributed by atoms with Crippen molar-refractivity contribution in [2.24, 2.45) is 0 Å². The predicted molar refractivity (Wildman–Crippen MR) is 124 cm³/mol. The van der Waals surface area contributed by atoms with Crippen LogP contribution in [0.1, 0.15) is 45.6 Å². The van der Waals surface area contributed by atoms with E-state index in [1.54, 1.807) is 11.1 Å². The number of hydrogen-bond acceptors (Lipinski definition) is 4. The number of hydrogen-bond donors (Lipinski definition) is 0. The van der Waals surface area contributed by atoms with Crippen molar-refractivity contribution in [2.75, 3.05) is 13.1 Å². The molecule has 1 aromatic carbocycles. The molecule has 2 aliphatic heterocycles. The minimum Gasteiger partial charge on any atom is -0.487 e. The number of fused-ring (bicyclic) bond motifs is 2. The van der Waals surface area contributed by atoms with Crippen LogP contribution in [-0.4, -0.2) is 44.7 Å². The second kappa shape index (κ2) is 7.69. The molecular formula is C25H28ClN3O3. The summed E-state index contributed by atoms with van der Waals surface area (Å²) < 4.78 is 14.0. The second-order valence-corrected chi connectivity index (χ2v) is 10.1. The standard InChI is InChI=1S/C25H28ClN3O3/c1-24(2,3)32-23(30)28-13-10-25(11-14-28)9-8-18-16-17(4-6-20(18)31-25)19-5-7-21-27-12-15-29(21)22(19)26/h4-7,12,15-16H,8-11,13-14H2,1-3H3. The van der Waals surface area contributed by atoms with Crippen LogP contribution in [-0.2, 0) is 11.2 Å². The lowest BCUT2D eigenvalue weighted by molar-refractivity contribution is -0.0272. The van der Waals surface area contributed by atoms with Gasteiger partial charge in [-0.25, -0.2) is 9.78 Å². The van der Waals surface area contributed by atoms with Crippen molar-refractivity contribution in [1.82, 2.24) is 14.3 Å². The Balaban J connectivity index is 1.31. The smallest absolute Gasteiger partial charge is 0.410 e. The molecule has 1 spiro atoms. The van der Waals surface area contributed by atoms with Gasteiger partial charge >= 0.3 is 6.09 Å². The van der Waals surface area contributed by atoms with Gasteiger partial charge in [-0.05, 0) is 69.0 Å². The highest BCUT2D eigenvalue weighted by Crippen LogP contribution is 2.41. The van der Waals surface area contributed by atoms with Crippen molar-refractivity contribution in [2.45, 2.75) is 57.7 Å². The molecule has 0 saturated carbocycles. The molecule has 0 aliphatic carbocycles. The lowest BCUT2D eigenvalue weighted by Gasteiger charge is -2.44. The van der Waals surface area contributed by atoms with Crippen LogP contribution in [0.4, 0.5) is 4.79 Å². The number of likely N-dealkylation sites (tertiary alicyclic amines) is 1. The quantitative estimate of drug-likeness (QED) is 0.440. The summed E-state index contributed by atoms with van der Waals surface area (Å²) in [6.07, 6.45) is 6.91. The number of halogens is 1. The molecule has 7 heteroatoms. The molecule has 1 saturated heterocycles. The van der Waals surface area contributed by atoms with Gasteiger partial charge in [0.15, 0.2) is 0 Å². The first-order valence-corrected chi connectivity index (χ1v) is 11.5. The minimum atomic E-state index is -0.477. The Hall–Kier alpha value is -2.73. The molecule has 0 bridgehead atoms. The topological polar surface area (TPSA) is 56.1 Å². The molecule has 168 valence electrons. The highest BCUT2D eigenvalue weighted by molar-refractivity contribution is 6.32. The average Bonchev–Trinajstić information content (AvgIpc) is 3.23. The molecule has 1 fully saturated rings. The first kappa shape index (κ1) is 21.1. The first-order chi connectivity index (χ1) is 15.2. The Morgan fingerprint density at radius 1 is 1.16 bits per heavy atom. The molecule has 32 heavy (non-hydrogen) atoms. The number of aromatic nitrogens is 2. The Kier molecular flexibility index (Phi) is 5.08. The summed E-state index contributed by atoms with van der Waals surface area (Å²) in [5, 5.41) is 0.655. The van der Waals surface area contributed by atoms with E-state index in [-0.39, 0.29) is 11.7 Å². The number of amides is 1. The molecule has 3 aromatic rings. The van der Waals surface area contributed by atoms with Crippen molar-refractivity contribution in [3.63, 3.8) is 0 Å². The van der Waals surface area contributed by atoms with Crippen LogP contribution in [0.2, 0.25) is 5.15 Å². The summed E-state index contributed by atoms with van der Waals surface area (Å²) in [7, 11) is 0. The van der Waals surface area contributed by atoms with Crippen molar-refractivity contribution in [3.05, 3.63) is 53.4 Å². The Morgan fingerprint density at radius 3 is 2.69 bits per heavy atom. The molecule has 2 aliphatic rings. The third-order valence-electron chi connectivity index (χ3n) is 6.38. The van der Waals surface area contributed by atoms with Crippen LogP contribution in [0.15, 0.2) is 42.7 Å². The fraction of sp³-hybridized carbons (Fsp3) is 0.440. The molecule has 0 atom stereocenters. The maximum atomic E-state index is 12.4. The normalized spacial score (nSPS) is 17.8. The van der Waals surface area contributed by atoms with E-state index in [1.807, 2.05) is 43.5 Å². The molecule has 4 heterocycles. The summed E-state index contributed by atoms with van der Waals surface area (Å²) in [5.74, 6) is 0.936. The van der Waals surface area contributed by atoms with E-state index in [2.05, 4.69) is 23.2 Å². The highest BCUT2D eigenvalue weighted by atomic mass is 35.5. The number of ether oxygens (including phenoxy) is 2. The number of carbonyl (C=O) groups excluding carboxylic acids is 1. The van der Waals surface area contributed by atoms with Gasteiger partial charge in [0.05, 0.1) is 0 Å². The number of piperidine rings is 1. The predicted octanol–water partition coefficient (Wildman–Crippen LogP) is 5.75. The van der Waals surface area contributed by atoms with Gasteiger partial charge in [-0.1, -0.05) is 17.7 Å². The number of nitrogens with zero attached hydrogens (tertiary/aromatic N) is 3. The number of benzene rings is 1. The van der Waals surface area contributed by atoms with Crippen molar-refractivity contribution in [1.29, 1.82) is 0 Å². The lowest BCUT2D eigenvalue weighted by atomic mass is 9.82. The third kappa shape index (κ3) is 3.92. The third-order valence-corrected chi connectivity index (χ3v) is 6.76. The molecule has 0 unspecified atom stereocenters. The van der Waals surface area contributed by atoms with Gasteiger partial charge in [-0.3, -0.25) is 4.40 Å². The van der Waals surface area contributed by atoms with Gasteiger partial charge in [-0.2, -0.15) is 0 Å². The minimum absolute atomic E-state index is 0.208. The van der Waals surface area contributed by atoms with Crippen molar-refractivity contribution >= 4 is 23.3 Å². The molecule has 1 amide bonds. The molecule has 5 rings (SSSR count). The van der Waals surface area contributed by atoms with Gasteiger partial charge in [0.2, 0.25) is 0 Å². The molecule has 6 nitrogen and oxygen atoms in total. The first-order valence-electron chi connectivity index (χ1n) is 11.1. The maximum Gasteiger partial charge on any atom is 0.410 e. The van der Waals surface area contributed by atoms with Crippen LogP contribution in [0.5, 0.6) is 5.75 Å². The molecular weight excluding hydrogens is 426 g/mol. The van der Waals surface area contributed by atoms with E-state index in [0.29, 0.717) is 18.2 Å². The maximum absolute atomic E-state index is 12.4. The number of imidazole rings is 1. The summed E-state index contributed by atoms with van der Waals surface area (Å²) >= 11 is 6.65. The lowest BCUT2D eigenvalue weighted by Crippen LogP contribution is -2.52. The van der Waals surface area contributed by atoms with Gasteiger partial charge in [0, 0.05) is 43.9 Å². The number of rotatable bonds is 1. The number of carbonyl (C=O) groups is 1.